The van der Waals surface area contributed by atoms with E-state index in [1.54, 1.807) is 0 Å². The van der Waals surface area contributed by atoms with Gasteiger partial charge in [-0.3, -0.25) is 4.79 Å². The van der Waals surface area contributed by atoms with Gasteiger partial charge < -0.3 is 16.2 Å². The largest absolute Gasteiger partial charge is 0.422 e. The molecule has 1 rings (SSSR count). The SMILES string of the molecule is [B]Nc1ncc(C(N)=O)c(N[B])n1. The van der Waals surface area contributed by atoms with Crippen LogP contribution in [0.25, 0.3) is 0 Å². The Kier molecular flexibility index (Phi) is 2.73. The molecule has 0 saturated heterocycles. The number of primary amides is 1. The summed E-state index contributed by atoms with van der Waals surface area (Å²) in [6.45, 7) is 0. The zero-order valence-corrected chi connectivity index (χ0v) is 6.61. The van der Waals surface area contributed by atoms with Crippen molar-refractivity contribution in [1.29, 1.82) is 0 Å². The number of carbonyl (C=O) groups excluding carboxylic acids is 1. The van der Waals surface area contributed by atoms with Gasteiger partial charge in [-0.2, -0.15) is 4.98 Å². The van der Waals surface area contributed by atoms with Gasteiger partial charge >= 0.3 is 0 Å². The number of hydrogen-bond acceptors (Lipinski definition) is 5. The van der Waals surface area contributed by atoms with E-state index in [1.807, 2.05) is 0 Å². The first-order valence-corrected chi connectivity index (χ1v) is 3.29. The van der Waals surface area contributed by atoms with Crippen LogP contribution in [0, 0.1) is 0 Å². The molecule has 1 aromatic rings. The minimum absolute atomic E-state index is 0.0986. The zero-order chi connectivity index (χ0) is 9.84. The summed E-state index contributed by atoms with van der Waals surface area (Å²) in [6.07, 6.45) is 1.22. The summed E-state index contributed by atoms with van der Waals surface area (Å²) in [6, 6.07) is 0. The quantitative estimate of drug-likeness (QED) is 0.486. The summed E-state index contributed by atoms with van der Waals surface area (Å²) in [5.41, 5.74) is 5.11. The summed E-state index contributed by atoms with van der Waals surface area (Å²) >= 11 is 0. The molecule has 0 aromatic carbocycles. The van der Waals surface area contributed by atoms with Gasteiger partial charge in [0.05, 0.1) is 5.56 Å². The van der Waals surface area contributed by atoms with Gasteiger partial charge in [-0.1, -0.05) is 0 Å². The smallest absolute Gasteiger partial charge is 0.253 e. The van der Waals surface area contributed by atoms with Gasteiger partial charge in [0.25, 0.3) is 5.91 Å². The van der Waals surface area contributed by atoms with Gasteiger partial charge in [-0.25, -0.2) is 4.98 Å². The van der Waals surface area contributed by atoms with Crippen LogP contribution in [0.3, 0.4) is 0 Å². The standard InChI is InChI=1S/C5H5B2N5O/c6-11-4-2(3(8)13)1-9-5(10-4)12-7/h1H,(H2,8,13)(H2,9,10,11,12). The van der Waals surface area contributed by atoms with Crippen LogP contribution in [0.4, 0.5) is 11.8 Å². The Morgan fingerprint density at radius 1 is 1.46 bits per heavy atom. The normalized spacial score (nSPS) is 9.23. The number of hydrogen-bond donors (Lipinski definition) is 3. The van der Waals surface area contributed by atoms with Crippen molar-refractivity contribution in [3.8, 4) is 0 Å². The fourth-order valence-corrected chi connectivity index (χ4v) is 0.742. The Bertz CT molecular complexity index is 331. The molecule has 1 heterocycles. The lowest BCUT2D eigenvalue weighted by atomic mass is 10.2. The van der Waals surface area contributed by atoms with Crippen LogP contribution in [0.2, 0.25) is 0 Å². The Hall–Kier alpha value is -1.72. The van der Waals surface area contributed by atoms with Crippen molar-refractivity contribution in [3.63, 3.8) is 0 Å². The molecule has 0 atom stereocenters. The van der Waals surface area contributed by atoms with E-state index in [9.17, 15) is 4.79 Å². The van der Waals surface area contributed by atoms with Crippen LogP contribution < -0.4 is 16.2 Å². The van der Waals surface area contributed by atoms with Crippen LogP contribution in [0.5, 0.6) is 0 Å². The molecule has 4 N–H and O–H groups in total. The Balaban J connectivity index is 3.15. The Morgan fingerprint density at radius 3 is 2.62 bits per heavy atom. The monoisotopic (exact) mass is 173 g/mol. The average Bonchev–Trinajstić information content (AvgIpc) is 2.16. The number of nitrogens with zero attached hydrogens (tertiary/aromatic N) is 2. The predicted molar refractivity (Wildman–Crippen MR) is 49.3 cm³/mol. The van der Waals surface area contributed by atoms with E-state index >= 15 is 0 Å². The van der Waals surface area contributed by atoms with Crippen molar-refractivity contribution in [1.82, 2.24) is 9.97 Å². The lowest BCUT2D eigenvalue weighted by Crippen LogP contribution is -2.16. The van der Waals surface area contributed by atoms with E-state index < -0.39 is 5.91 Å². The fraction of sp³-hybridized carbons (Fsp3) is 0. The molecular formula is C5H5B2N5O. The van der Waals surface area contributed by atoms with E-state index in [1.165, 1.54) is 6.20 Å². The summed E-state index contributed by atoms with van der Waals surface area (Å²) in [7, 11) is 10.1. The van der Waals surface area contributed by atoms with Gasteiger partial charge in [0.15, 0.2) is 0 Å². The zero-order valence-electron chi connectivity index (χ0n) is 6.61. The summed E-state index contributed by atoms with van der Waals surface area (Å²) < 4.78 is 0. The number of nitrogens with one attached hydrogen (secondary N) is 2. The summed E-state index contributed by atoms with van der Waals surface area (Å²) in [5.74, 6) is -0.412. The summed E-state index contributed by atoms with van der Waals surface area (Å²) in [4.78, 5) is 18.2. The first-order valence-electron chi connectivity index (χ1n) is 3.29. The van der Waals surface area contributed by atoms with E-state index in [-0.39, 0.29) is 17.3 Å². The second-order valence-corrected chi connectivity index (χ2v) is 2.11. The van der Waals surface area contributed by atoms with Crippen LogP contribution in [0.15, 0.2) is 6.20 Å². The van der Waals surface area contributed by atoms with Gasteiger partial charge in [0.2, 0.25) is 21.9 Å². The Morgan fingerprint density at radius 2 is 2.15 bits per heavy atom. The van der Waals surface area contributed by atoms with Crippen molar-refractivity contribution in [2.45, 2.75) is 0 Å². The molecule has 0 unspecified atom stereocenters. The lowest BCUT2D eigenvalue weighted by molar-refractivity contribution is 0.100. The molecule has 62 valence electrons. The molecule has 0 bridgehead atoms. The average molecular weight is 173 g/mol. The van der Waals surface area contributed by atoms with E-state index in [0.717, 1.165) is 0 Å². The van der Waals surface area contributed by atoms with Crippen LogP contribution in [0.1, 0.15) is 10.4 Å². The molecule has 6 nitrogen and oxygen atoms in total. The van der Waals surface area contributed by atoms with E-state index in [4.69, 9.17) is 21.7 Å². The van der Waals surface area contributed by atoms with Gasteiger partial charge in [-0.15, -0.1) is 0 Å². The van der Waals surface area contributed by atoms with Crippen LogP contribution in [-0.2, 0) is 0 Å². The second-order valence-electron chi connectivity index (χ2n) is 2.11. The van der Waals surface area contributed by atoms with E-state index in [0.29, 0.717) is 0 Å². The van der Waals surface area contributed by atoms with Gasteiger partial charge in [0, 0.05) is 6.20 Å². The van der Waals surface area contributed by atoms with E-state index in [2.05, 4.69) is 20.4 Å². The molecule has 0 spiro atoms. The third-order valence-corrected chi connectivity index (χ3v) is 1.32. The topological polar surface area (TPSA) is 92.9 Å². The second kappa shape index (κ2) is 3.79. The van der Waals surface area contributed by atoms with Crippen molar-refractivity contribution in [3.05, 3.63) is 11.8 Å². The molecule has 1 amide bonds. The molecule has 8 heteroatoms. The molecule has 0 saturated carbocycles. The highest BCUT2D eigenvalue weighted by molar-refractivity contribution is 6.18. The number of anilines is 2. The number of carbonyl (C=O) groups is 1. The number of nitrogens with two attached hydrogens (primary N) is 1. The van der Waals surface area contributed by atoms with Gasteiger partial charge in [0.1, 0.15) is 5.82 Å². The minimum atomic E-state index is -0.670. The lowest BCUT2D eigenvalue weighted by Gasteiger charge is -2.06. The maximum atomic E-state index is 10.8. The maximum Gasteiger partial charge on any atom is 0.253 e. The molecule has 0 aliphatic heterocycles. The van der Waals surface area contributed by atoms with Crippen molar-refractivity contribution in [2.75, 3.05) is 10.5 Å². The van der Waals surface area contributed by atoms with Crippen molar-refractivity contribution in [2.24, 2.45) is 5.73 Å². The number of aromatic nitrogens is 2. The molecule has 0 fully saturated rings. The number of amides is 1. The molecule has 0 aliphatic carbocycles. The third-order valence-electron chi connectivity index (χ3n) is 1.32. The fourth-order valence-electron chi connectivity index (χ4n) is 0.742. The van der Waals surface area contributed by atoms with Crippen molar-refractivity contribution < 1.29 is 4.79 Å². The third kappa shape index (κ3) is 1.90. The molecule has 1 aromatic heterocycles. The molecular weight excluding hydrogens is 168 g/mol. The first-order chi connectivity index (χ1) is 6.19. The van der Waals surface area contributed by atoms with Crippen LogP contribution >= 0.6 is 0 Å². The molecule has 4 radical (unpaired) electrons. The maximum absolute atomic E-state index is 10.8. The van der Waals surface area contributed by atoms with Crippen molar-refractivity contribution >= 4 is 33.6 Å². The highest BCUT2D eigenvalue weighted by Gasteiger charge is 2.09. The number of rotatable bonds is 3. The highest BCUT2D eigenvalue weighted by atomic mass is 16.1. The first kappa shape index (κ1) is 9.37. The Labute approximate surface area is 77.2 Å². The summed E-state index contributed by atoms with van der Waals surface area (Å²) in [5, 5.41) is 4.40. The molecule has 13 heavy (non-hydrogen) atoms. The van der Waals surface area contributed by atoms with Crippen LogP contribution in [-0.4, -0.2) is 31.8 Å². The minimum Gasteiger partial charge on any atom is -0.422 e. The van der Waals surface area contributed by atoms with Gasteiger partial charge in [-0.05, 0) is 0 Å². The predicted octanol–water partition coefficient (Wildman–Crippen LogP) is -1.43. The highest BCUT2D eigenvalue weighted by Crippen LogP contribution is 2.11. The molecule has 0 aliphatic rings.